The van der Waals surface area contributed by atoms with Crippen molar-refractivity contribution >= 4 is 27.7 Å². The molecule has 0 bridgehead atoms. The third-order valence-electron chi connectivity index (χ3n) is 3.34. The highest BCUT2D eigenvalue weighted by Crippen LogP contribution is 2.11. The summed E-state index contributed by atoms with van der Waals surface area (Å²) in [7, 11) is 0. The molecule has 1 fully saturated rings. The summed E-state index contributed by atoms with van der Waals surface area (Å²) in [6.07, 6.45) is 4.79. The van der Waals surface area contributed by atoms with Crippen LogP contribution in [0.15, 0.2) is 22.9 Å². The molecule has 1 aromatic heterocycles. The number of pyridine rings is 1. The molecule has 1 saturated heterocycles. The summed E-state index contributed by atoms with van der Waals surface area (Å²) >= 11 is 3.26. The van der Waals surface area contributed by atoms with E-state index in [0.29, 0.717) is 12.8 Å². The third-order valence-corrected chi connectivity index (χ3v) is 3.81. The molecule has 2 rings (SSSR count). The van der Waals surface area contributed by atoms with Gasteiger partial charge in [-0.2, -0.15) is 0 Å². The Hall–Kier alpha value is -1.43. The molecule has 0 spiro atoms. The van der Waals surface area contributed by atoms with Gasteiger partial charge in [0.1, 0.15) is 16.7 Å². The minimum atomic E-state index is -0.511. The van der Waals surface area contributed by atoms with Crippen LogP contribution in [0.5, 0.6) is 0 Å². The zero-order valence-corrected chi connectivity index (χ0v) is 12.9. The van der Waals surface area contributed by atoms with E-state index in [1.165, 1.54) is 0 Å². The number of hydrogen-bond acceptors (Lipinski definition) is 3. The normalized spacial score (nSPS) is 22.3. The Kier molecular flexibility index (Phi) is 5.11. The van der Waals surface area contributed by atoms with E-state index in [-0.39, 0.29) is 17.9 Å². The second-order valence-electron chi connectivity index (χ2n) is 4.96. The van der Waals surface area contributed by atoms with Gasteiger partial charge >= 0.3 is 0 Å². The first kappa shape index (κ1) is 15.0. The first-order chi connectivity index (χ1) is 9.60. The molecule has 2 atom stereocenters. The van der Waals surface area contributed by atoms with Gasteiger partial charge in [-0.25, -0.2) is 4.98 Å². The predicted octanol–water partition coefficient (Wildman–Crippen LogP) is 1.56. The summed E-state index contributed by atoms with van der Waals surface area (Å²) in [5, 5.41) is 5.60. The lowest BCUT2D eigenvalue weighted by Crippen LogP contribution is -2.62. The minimum Gasteiger partial charge on any atom is -0.343 e. The highest BCUT2D eigenvalue weighted by Gasteiger charge is 2.32. The van der Waals surface area contributed by atoms with Gasteiger partial charge in [0.2, 0.25) is 11.8 Å². The fourth-order valence-electron chi connectivity index (χ4n) is 2.19. The lowest BCUT2D eigenvalue weighted by molar-refractivity contribution is -0.136. The van der Waals surface area contributed by atoms with E-state index in [9.17, 15) is 9.59 Å². The molecule has 1 aliphatic rings. The fourth-order valence-corrected chi connectivity index (χ4v) is 2.43. The van der Waals surface area contributed by atoms with Gasteiger partial charge in [0.15, 0.2) is 0 Å². The van der Waals surface area contributed by atoms with Crippen LogP contribution in [0, 0.1) is 0 Å². The van der Waals surface area contributed by atoms with Gasteiger partial charge in [0, 0.05) is 12.6 Å². The van der Waals surface area contributed by atoms with Gasteiger partial charge in [-0.3, -0.25) is 9.59 Å². The van der Waals surface area contributed by atoms with Gasteiger partial charge in [0.25, 0.3) is 0 Å². The van der Waals surface area contributed by atoms with Crippen molar-refractivity contribution < 1.29 is 9.59 Å². The van der Waals surface area contributed by atoms with Gasteiger partial charge in [-0.1, -0.05) is 25.8 Å². The standard InChI is InChI=1S/C14H18BrN3O2/c1-2-3-4-10-13(19)18-11(14(20)17-10)7-9-5-6-12(15)16-8-9/h5-6,8,10-11H,2-4,7H2,1H3,(H,17,20)(H,18,19)/t10-,11?/m1/s1. The molecule has 2 heterocycles. The molecular formula is C14H18BrN3O2. The van der Waals surface area contributed by atoms with E-state index in [1.807, 2.05) is 12.1 Å². The van der Waals surface area contributed by atoms with Crippen LogP contribution in [0.25, 0.3) is 0 Å². The number of carbonyl (C=O) groups excluding carboxylic acids is 2. The second kappa shape index (κ2) is 6.83. The molecule has 0 saturated carbocycles. The van der Waals surface area contributed by atoms with E-state index < -0.39 is 6.04 Å². The Morgan fingerprint density at radius 1 is 1.20 bits per heavy atom. The highest BCUT2D eigenvalue weighted by molar-refractivity contribution is 9.10. The van der Waals surface area contributed by atoms with Crippen LogP contribution in [-0.2, 0) is 16.0 Å². The summed E-state index contributed by atoms with van der Waals surface area (Å²) in [6.45, 7) is 2.06. The minimum absolute atomic E-state index is 0.0897. The Morgan fingerprint density at radius 3 is 2.55 bits per heavy atom. The lowest BCUT2D eigenvalue weighted by atomic mass is 10.0. The summed E-state index contributed by atoms with van der Waals surface area (Å²) in [6, 6.07) is 2.81. The smallest absolute Gasteiger partial charge is 0.243 e. The monoisotopic (exact) mass is 339 g/mol. The van der Waals surface area contributed by atoms with E-state index in [4.69, 9.17) is 0 Å². The largest absolute Gasteiger partial charge is 0.343 e. The zero-order valence-electron chi connectivity index (χ0n) is 11.4. The number of hydrogen-bond donors (Lipinski definition) is 2. The first-order valence-electron chi connectivity index (χ1n) is 6.81. The molecular weight excluding hydrogens is 322 g/mol. The summed E-state index contributed by atoms with van der Waals surface area (Å²) in [5.41, 5.74) is 0.917. The van der Waals surface area contributed by atoms with Crippen LogP contribution < -0.4 is 10.6 Å². The molecule has 6 heteroatoms. The molecule has 2 N–H and O–H groups in total. The van der Waals surface area contributed by atoms with Gasteiger partial charge in [-0.15, -0.1) is 0 Å². The van der Waals surface area contributed by atoms with E-state index in [2.05, 4.69) is 38.5 Å². The van der Waals surface area contributed by atoms with Crippen molar-refractivity contribution in [2.24, 2.45) is 0 Å². The van der Waals surface area contributed by atoms with Gasteiger partial charge in [-0.05, 0) is 34.0 Å². The SMILES string of the molecule is CCCC[C@H]1NC(=O)C(Cc2ccc(Br)nc2)NC1=O. The number of piperazine rings is 1. The lowest BCUT2D eigenvalue weighted by Gasteiger charge is -2.29. The van der Waals surface area contributed by atoms with Crippen LogP contribution >= 0.6 is 15.9 Å². The van der Waals surface area contributed by atoms with Crippen LogP contribution in [-0.4, -0.2) is 28.9 Å². The van der Waals surface area contributed by atoms with Gasteiger partial charge < -0.3 is 10.6 Å². The van der Waals surface area contributed by atoms with Gasteiger partial charge in [0.05, 0.1) is 0 Å². The quantitative estimate of drug-likeness (QED) is 0.799. The maximum atomic E-state index is 12.0. The van der Waals surface area contributed by atoms with Crippen LogP contribution in [0.1, 0.15) is 31.7 Å². The van der Waals surface area contributed by atoms with E-state index in [0.717, 1.165) is 23.0 Å². The summed E-state index contributed by atoms with van der Waals surface area (Å²) in [5.74, 6) is -0.207. The number of carbonyl (C=O) groups is 2. The van der Waals surface area contributed by atoms with Crippen molar-refractivity contribution in [3.63, 3.8) is 0 Å². The van der Waals surface area contributed by atoms with E-state index >= 15 is 0 Å². The number of nitrogens with one attached hydrogen (secondary N) is 2. The average molecular weight is 340 g/mol. The topological polar surface area (TPSA) is 71.1 Å². The summed E-state index contributed by atoms with van der Waals surface area (Å²) in [4.78, 5) is 28.1. The zero-order chi connectivity index (χ0) is 14.5. The predicted molar refractivity (Wildman–Crippen MR) is 79.0 cm³/mol. The Morgan fingerprint density at radius 2 is 1.90 bits per heavy atom. The molecule has 1 aromatic rings. The Labute approximate surface area is 126 Å². The molecule has 0 aliphatic carbocycles. The molecule has 0 radical (unpaired) electrons. The van der Waals surface area contributed by atoms with Crippen molar-refractivity contribution in [3.8, 4) is 0 Å². The average Bonchev–Trinajstić information content (AvgIpc) is 2.43. The van der Waals surface area contributed by atoms with Crippen molar-refractivity contribution in [1.29, 1.82) is 0 Å². The highest BCUT2D eigenvalue weighted by atomic mass is 79.9. The third kappa shape index (κ3) is 3.79. The molecule has 5 nitrogen and oxygen atoms in total. The Bertz CT molecular complexity index is 490. The number of amides is 2. The van der Waals surface area contributed by atoms with Crippen molar-refractivity contribution in [2.45, 2.75) is 44.7 Å². The van der Waals surface area contributed by atoms with Crippen LogP contribution in [0.3, 0.4) is 0 Å². The van der Waals surface area contributed by atoms with Crippen molar-refractivity contribution in [2.75, 3.05) is 0 Å². The maximum Gasteiger partial charge on any atom is 0.243 e. The molecule has 108 valence electrons. The number of rotatable bonds is 5. The second-order valence-corrected chi connectivity index (χ2v) is 5.77. The first-order valence-corrected chi connectivity index (χ1v) is 7.60. The van der Waals surface area contributed by atoms with Crippen molar-refractivity contribution in [1.82, 2.24) is 15.6 Å². The number of halogens is 1. The molecule has 1 aliphatic heterocycles. The number of unbranched alkanes of at least 4 members (excludes halogenated alkanes) is 1. The molecule has 2 amide bonds. The molecule has 20 heavy (non-hydrogen) atoms. The Balaban J connectivity index is 1.96. The fraction of sp³-hybridized carbons (Fsp3) is 0.500. The summed E-state index contributed by atoms with van der Waals surface area (Å²) < 4.78 is 0.748. The molecule has 0 aromatic carbocycles. The number of nitrogens with zero attached hydrogens (tertiary/aromatic N) is 1. The molecule has 1 unspecified atom stereocenters. The maximum absolute atomic E-state index is 12.0. The van der Waals surface area contributed by atoms with Crippen molar-refractivity contribution in [3.05, 3.63) is 28.5 Å². The number of aromatic nitrogens is 1. The van der Waals surface area contributed by atoms with Crippen LogP contribution in [0.2, 0.25) is 0 Å². The van der Waals surface area contributed by atoms with E-state index in [1.54, 1.807) is 6.20 Å². The van der Waals surface area contributed by atoms with Crippen LogP contribution in [0.4, 0.5) is 0 Å².